The van der Waals surface area contributed by atoms with Crippen LogP contribution in [-0.2, 0) is 35.5 Å². The van der Waals surface area contributed by atoms with Crippen molar-refractivity contribution >= 4 is 33.4 Å². The van der Waals surface area contributed by atoms with Gasteiger partial charge >= 0.3 is 24.7 Å². The van der Waals surface area contributed by atoms with Crippen molar-refractivity contribution in [2.45, 2.75) is 35.5 Å². The van der Waals surface area contributed by atoms with Crippen LogP contribution in [-0.4, -0.2) is 39.9 Å². The van der Waals surface area contributed by atoms with Crippen LogP contribution in [0.25, 0.3) is 78.4 Å². The monoisotopic (exact) mass is 1040 g/mol. The minimum atomic E-state index is -4.98. The average Bonchev–Trinajstić information content (AvgIpc) is 4.29. The Balaban J connectivity index is 1.34. The number of hydrogen-bond acceptors (Lipinski definition) is 6. The Morgan fingerprint density at radius 3 is 1.17 bits per heavy atom. The van der Waals surface area contributed by atoms with Crippen LogP contribution in [0, 0.1) is 0 Å². The van der Waals surface area contributed by atoms with E-state index in [0.717, 1.165) is 72.8 Å². The van der Waals surface area contributed by atoms with Crippen LogP contribution in [0.2, 0.25) is 0 Å². The van der Waals surface area contributed by atoms with Crippen LogP contribution in [0.1, 0.15) is 45.0 Å². The number of nitrogens with one attached hydrogen (secondary N) is 2. The highest BCUT2D eigenvalue weighted by Gasteiger charge is 2.62. The molecule has 8 nitrogen and oxygen atoms in total. The topological polar surface area (TPSA) is 109 Å². The molecule has 6 aromatic carbocycles. The van der Waals surface area contributed by atoms with E-state index in [1.54, 1.807) is 48.5 Å². The lowest BCUT2D eigenvalue weighted by molar-refractivity contribution is -0.138. The Morgan fingerprint density at radius 2 is 0.711 bits per heavy atom. The zero-order valence-electron chi connectivity index (χ0n) is 38.4. The third-order valence-electron chi connectivity index (χ3n) is 13.7. The largest absolute Gasteiger partial charge is 0.416 e. The predicted molar refractivity (Wildman–Crippen MR) is 258 cm³/mol. The molecular weight excluding hydrogens is 1010 g/mol. The summed E-state index contributed by atoms with van der Waals surface area (Å²) in [6.45, 7) is 0. The molecule has 1 aliphatic carbocycles. The first kappa shape index (κ1) is 48.0. The van der Waals surface area contributed by atoms with Gasteiger partial charge in [0.2, 0.25) is 0 Å². The summed E-state index contributed by atoms with van der Waals surface area (Å²) in [5.74, 6) is -0.721. The number of rotatable bonds is 4. The Hall–Kier alpha value is -8.94. The number of H-pyrrole nitrogens is 2. The van der Waals surface area contributed by atoms with Gasteiger partial charge in [-0.25, -0.2) is 29.9 Å². The number of allylic oxidation sites excluding steroid dienone is 4. The Morgan fingerprint density at radius 1 is 0.342 bits per heavy atom. The quantitative estimate of drug-likeness (QED) is 0.170. The maximum Gasteiger partial charge on any atom is 0.416 e. The Labute approximate surface area is 420 Å². The van der Waals surface area contributed by atoms with Crippen molar-refractivity contribution in [2.75, 3.05) is 0 Å². The molecule has 2 atom stereocenters. The van der Waals surface area contributed by atoms with E-state index in [2.05, 4.69) is 9.97 Å². The summed E-state index contributed by atoms with van der Waals surface area (Å²) >= 11 is 0. The van der Waals surface area contributed by atoms with E-state index in [1.165, 1.54) is 48.6 Å². The highest BCUT2D eigenvalue weighted by atomic mass is 19.4. The van der Waals surface area contributed by atoms with E-state index in [1.807, 2.05) is 0 Å². The second-order valence-corrected chi connectivity index (χ2v) is 18.1. The minimum Gasteiger partial charge on any atom is -0.324 e. The fraction of sp³-hybridized carbons (Fsp3) is 0.107. The minimum absolute atomic E-state index is 0.0444. The van der Waals surface area contributed by atoms with Gasteiger partial charge in [-0.3, -0.25) is 0 Å². The van der Waals surface area contributed by atoms with E-state index in [0.29, 0.717) is 21.9 Å². The molecule has 12 rings (SSSR count). The zero-order chi connectivity index (χ0) is 53.2. The summed E-state index contributed by atoms with van der Waals surface area (Å²) in [5, 5.41) is 0.899. The Kier molecular flexibility index (Phi) is 10.6. The summed E-state index contributed by atoms with van der Waals surface area (Å²) < 4.78 is 178. The molecule has 9 aromatic rings. The molecule has 2 unspecified atom stereocenters. The van der Waals surface area contributed by atoms with Crippen molar-refractivity contribution in [2.24, 2.45) is 0 Å². The molecule has 0 saturated carbocycles. The maximum absolute atomic E-state index is 14.9. The molecule has 20 heteroatoms. The lowest BCUT2D eigenvalue weighted by Crippen LogP contribution is -2.47. The molecule has 0 saturated heterocycles. The van der Waals surface area contributed by atoms with Gasteiger partial charge in [-0.05, 0) is 58.7 Å². The molecule has 0 fully saturated rings. The van der Waals surface area contributed by atoms with Crippen LogP contribution >= 0.6 is 0 Å². The van der Waals surface area contributed by atoms with Crippen molar-refractivity contribution in [3.8, 4) is 45.0 Å². The van der Waals surface area contributed by atoms with Crippen LogP contribution in [0.4, 0.5) is 52.7 Å². The van der Waals surface area contributed by atoms with E-state index in [9.17, 15) is 52.7 Å². The first-order chi connectivity index (χ1) is 36.1. The standard InChI is InChI=1S/C56H30F12N8/c57-53(58,59)33-15-7-11-29(25-33)41-42(30-12-8-16-34(26-30)54(60,61)62)48-73-47(41)72-45-38-20-2-1-19-37(38)43(70-45)69-44-39-21-3-4-22-40(39)46(71-44)74-49-51(31-13-9-17-35(27-31)55(63,64)65)23-5-6-24-52(51,50(75-48)76-49)32-14-10-18-36(28-32)56(66,67)68/h1-28H,(H2,69,70,71,72,73,74,75,76). The third-order valence-corrected chi connectivity index (χ3v) is 13.7. The lowest BCUT2D eigenvalue weighted by atomic mass is 9.55. The van der Waals surface area contributed by atoms with Crippen molar-refractivity contribution < 1.29 is 52.7 Å². The van der Waals surface area contributed by atoms with Gasteiger partial charge in [0, 0.05) is 33.0 Å². The summed E-state index contributed by atoms with van der Waals surface area (Å²) in [5.41, 5.74) is -10.0. The molecule has 3 aliphatic rings. The number of aromatic nitrogens is 8. The summed E-state index contributed by atoms with van der Waals surface area (Å²) in [6, 6.07) is 29.4. The number of hydrogen-bond donors (Lipinski definition) is 2. The van der Waals surface area contributed by atoms with E-state index in [4.69, 9.17) is 29.9 Å². The summed E-state index contributed by atoms with van der Waals surface area (Å²) in [6.07, 6.45) is -14.1. The molecule has 3 aromatic heterocycles. The highest BCUT2D eigenvalue weighted by molar-refractivity contribution is 6.05. The number of fused-ring (bicyclic) bond motifs is 17. The lowest BCUT2D eigenvalue weighted by Gasteiger charge is -2.43. The van der Waals surface area contributed by atoms with E-state index in [-0.39, 0.29) is 67.8 Å². The summed E-state index contributed by atoms with van der Waals surface area (Å²) in [7, 11) is 0. The fourth-order valence-electron chi connectivity index (χ4n) is 10.4. The fourth-order valence-corrected chi connectivity index (χ4v) is 10.4. The van der Waals surface area contributed by atoms with Gasteiger partial charge in [0.05, 0.1) is 33.1 Å². The van der Waals surface area contributed by atoms with Crippen LogP contribution in [0.15, 0.2) is 170 Å². The van der Waals surface area contributed by atoms with Crippen LogP contribution in [0.3, 0.4) is 0 Å². The molecule has 0 amide bonds. The maximum atomic E-state index is 14.9. The second kappa shape index (κ2) is 16.8. The normalized spacial score (nSPS) is 17.5. The first-order valence-electron chi connectivity index (χ1n) is 23.0. The van der Waals surface area contributed by atoms with Gasteiger partial charge in [0.25, 0.3) is 0 Å². The molecule has 76 heavy (non-hydrogen) atoms. The van der Waals surface area contributed by atoms with Gasteiger partial charge in [-0.2, -0.15) is 52.7 Å². The molecule has 5 heterocycles. The first-order valence-corrected chi connectivity index (χ1v) is 23.0. The van der Waals surface area contributed by atoms with Gasteiger partial charge in [0.15, 0.2) is 11.6 Å². The molecular formula is C56H30F12N8. The number of aromatic amines is 2. The van der Waals surface area contributed by atoms with Crippen molar-refractivity contribution in [3.05, 3.63) is 215 Å². The third kappa shape index (κ3) is 7.63. The molecule has 0 spiro atoms. The van der Waals surface area contributed by atoms with Gasteiger partial charge < -0.3 is 9.97 Å². The Bertz CT molecular complexity index is 4110. The number of benzene rings is 6. The number of nitrogens with zero attached hydrogens (tertiary/aromatic N) is 6. The number of halogens is 12. The second-order valence-electron chi connectivity index (χ2n) is 18.1. The van der Waals surface area contributed by atoms with Crippen molar-refractivity contribution in [3.63, 3.8) is 0 Å². The van der Waals surface area contributed by atoms with Crippen LogP contribution < -0.4 is 0 Å². The van der Waals surface area contributed by atoms with Crippen molar-refractivity contribution in [1.29, 1.82) is 0 Å². The van der Waals surface area contributed by atoms with E-state index < -0.39 is 69.3 Å². The zero-order valence-corrected chi connectivity index (χ0v) is 38.4. The SMILES string of the molecule is FC(F)(F)c1cccc(-c2c(-c3cccc(C(F)(F)F)c3)c3nc4nc(nc5[nH]c(nc6nc(nc2[nH]3)-c2ccccc2-6)c2ccccc52)C2(c3cccc(C(F)(F)F)c3)C=CC=CC42c2cccc(C(F)(F)F)c2)c1. The summed E-state index contributed by atoms with van der Waals surface area (Å²) in [4.78, 5) is 36.0. The molecule has 0 radical (unpaired) electrons. The van der Waals surface area contributed by atoms with E-state index >= 15 is 0 Å². The number of alkyl halides is 12. The van der Waals surface area contributed by atoms with Crippen molar-refractivity contribution in [1.82, 2.24) is 39.9 Å². The highest BCUT2D eigenvalue weighted by Crippen LogP contribution is 2.59. The van der Waals surface area contributed by atoms with Gasteiger partial charge in [-0.15, -0.1) is 0 Å². The van der Waals surface area contributed by atoms with Crippen LogP contribution in [0.5, 0.6) is 0 Å². The van der Waals surface area contributed by atoms with Gasteiger partial charge in [0.1, 0.15) is 34.2 Å². The molecule has 378 valence electrons. The molecule has 8 bridgehead atoms. The molecule has 2 aliphatic heterocycles. The average molecular weight is 1040 g/mol. The van der Waals surface area contributed by atoms with Gasteiger partial charge in [-0.1, -0.05) is 133 Å². The smallest absolute Gasteiger partial charge is 0.324 e. The predicted octanol–water partition coefficient (Wildman–Crippen LogP) is 15.2. The molecule has 2 N–H and O–H groups in total.